The molecule has 0 radical (unpaired) electrons. The number of aryl methyl sites for hydroxylation is 3. The Bertz CT molecular complexity index is 1260. The van der Waals surface area contributed by atoms with Crippen molar-refractivity contribution >= 4 is 17.4 Å². The molecule has 5 nitrogen and oxygen atoms in total. The smallest absolute Gasteiger partial charge is 0.296 e. The fraction of sp³-hybridized carbons (Fsp3) is 0.250. The van der Waals surface area contributed by atoms with Crippen molar-refractivity contribution < 1.29 is 14.7 Å². The lowest BCUT2D eigenvalue weighted by atomic mass is 9.88. The minimum absolute atomic E-state index is 0.114. The number of rotatable bonds is 4. The van der Waals surface area contributed by atoms with Gasteiger partial charge in [-0.05, 0) is 67.5 Å². The van der Waals surface area contributed by atoms with Gasteiger partial charge in [0, 0.05) is 11.8 Å². The number of nitrogens with zero attached hydrogens (tertiary/aromatic N) is 2. The third-order valence-electron chi connectivity index (χ3n) is 6.58. The number of carbonyl (C=O) groups is 2. The van der Waals surface area contributed by atoms with Gasteiger partial charge in [-0.2, -0.15) is 0 Å². The summed E-state index contributed by atoms with van der Waals surface area (Å²) in [6.07, 6.45) is 5.96. The molecule has 1 atom stereocenters. The van der Waals surface area contributed by atoms with Gasteiger partial charge in [-0.15, -0.1) is 0 Å². The standard InChI is InChI=1S/C28H26N2O3/c1-18-7-6-10-21(15-18)25-24(26(31)22-13-12-19-8-2-3-9-20(19)16-22)27(32)28(33)30(25)17-23-11-4-5-14-29-23/h4-7,10-16,25,31H,2-3,8-9,17H2,1H3/b26-24-. The van der Waals surface area contributed by atoms with Crippen LogP contribution in [0.4, 0.5) is 0 Å². The maximum Gasteiger partial charge on any atom is 0.296 e. The van der Waals surface area contributed by atoms with E-state index in [9.17, 15) is 14.7 Å². The van der Waals surface area contributed by atoms with E-state index in [4.69, 9.17) is 0 Å². The number of aromatic nitrogens is 1. The van der Waals surface area contributed by atoms with Crippen molar-refractivity contribution in [3.63, 3.8) is 0 Å². The highest BCUT2D eigenvalue weighted by molar-refractivity contribution is 6.46. The van der Waals surface area contributed by atoms with Crippen LogP contribution in [0.5, 0.6) is 0 Å². The summed E-state index contributed by atoms with van der Waals surface area (Å²) in [6.45, 7) is 2.16. The second-order valence-electron chi connectivity index (χ2n) is 8.85. The van der Waals surface area contributed by atoms with E-state index in [2.05, 4.69) is 4.98 Å². The summed E-state index contributed by atoms with van der Waals surface area (Å²) in [6, 6.07) is 18.4. The molecule has 0 bridgehead atoms. The van der Waals surface area contributed by atoms with Gasteiger partial charge in [0.2, 0.25) is 0 Å². The summed E-state index contributed by atoms with van der Waals surface area (Å²) in [5.41, 5.74) is 5.73. The SMILES string of the molecule is Cc1cccc(C2/C(=C(/O)c3ccc4c(c3)CCCC4)C(=O)C(=O)N2Cc2ccccn2)c1. The number of carbonyl (C=O) groups excluding carboxylic acids is 2. The van der Waals surface area contributed by atoms with Crippen LogP contribution in [0.2, 0.25) is 0 Å². The van der Waals surface area contributed by atoms with Gasteiger partial charge in [0.25, 0.3) is 11.7 Å². The maximum atomic E-state index is 13.2. The second kappa shape index (κ2) is 8.66. The molecule has 166 valence electrons. The molecular weight excluding hydrogens is 412 g/mol. The first-order chi connectivity index (χ1) is 16.0. The Morgan fingerprint density at radius 1 is 1.00 bits per heavy atom. The number of fused-ring (bicyclic) bond motifs is 1. The molecule has 1 aromatic heterocycles. The quantitative estimate of drug-likeness (QED) is 0.358. The normalized spacial score (nSPS) is 19.5. The fourth-order valence-electron chi connectivity index (χ4n) is 4.93. The molecule has 3 aromatic rings. The molecule has 5 rings (SSSR count). The number of benzene rings is 2. The molecule has 2 aliphatic rings. The van der Waals surface area contributed by atoms with Crippen LogP contribution in [0.25, 0.3) is 5.76 Å². The number of Topliss-reactive ketones (excluding diaryl/α,β-unsaturated/α-hetero) is 1. The lowest BCUT2D eigenvalue weighted by Crippen LogP contribution is -2.29. The number of likely N-dealkylation sites (tertiary alicyclic amines) is 1. The zero-order valence-electron chi connectivity index (χ0n) is 18.6. The van der Waals surface area contributed by atoms with Gasteiger partial charge >= 0.3 is 0 Å². The molecule has 33 heavy (non-hydrogen) atoms. The molecule has 1 amide bonds. The van der Waals surface area contributed by atoms with Gasteiger partial charge < -0.3 is 10.0 Å². The van der Waals surface area contributed by atoms with Crippen molar-refractivity contribution in [3.8, 4) is 0 Å². The molecule has 2 heterocycles. The van der Waals surface area contributed by atoms with Gasteiger partial charge in [0.15, 0.2) is 0 Å². The van der Waals surface area contributed by atoms with Crippen molar-refractivity contribution in [3.05, 3.63) is 106 Å². The summed E-state index contributed by atoms with van der Waals surface area (Å²) in [4.78, 5) is 32.3. The average molecular weight is 439 g/mol. The molecule has 2 aromatic carbocycles. The van der Waals surface area contributed by atoms with Crippen LogP contribution in [0.1, 0.15) is 52.4 Å². The van der Waals surface area contributed by atoms with Gasteiger partial charge in [0.05, 0.1) is 23.9 Å². The highest BCUT2D eigenvalue weighted by Gasteiger charge is 2.46. The third-order valence-corrected chi connectivity index (χ3v) is 6.58. The highest BCUT2D eigenvalue weighted by Crippen LogP contribution is 2.40. The predicted molar refractivity (Wildman–Crippen MR) is 126 cm³/mol. The van der Waals surface area contributed by atoms with Crippen molar-refractivity contribution in [2.75, 3.05) is 0 Å². The Morgan fingerprint density at radius 3 is 2.58 bits per heavy atom. The van der Waals surface area contributed by atoms with Gasteiger partial charge in [-0.1, -0.05) is 48.0 Å². The minimum Gasteiger partial charge on any atom is -0.507 e. The van der Waals surface area contributed by atoms with E-state index in [1.54, 1.807) is 6.20 Å². The number of ketones is 1. The third kappa shape index (κ3) is 3.95. The maximum absolute atomic E-state index is 13.2. The molecule has 1 fully saturated rings. The summed E-state index contributed by atoms with van der Waals surface area (Å²) in [5, 5.41) is 11.4. The largest absolute Gasteiger partial charge is 0.507 e. The van der Waals surface area contributed by atoms with E-state index in [1.807, 2.05) is 67.6 Å². The molecule has 1 saturated heterocycles. The molecule has 0 spiro atoms. The van der Waals surface area contributed by atoms with Crippen LogP contribution in [-0.2, 0) is 29.0 Å². The molecule has 5 heteroatoms. The van der Waals surface area contributed by atoms with Crippen LogP contribution in [-0.4, -0.2) is 26.7 Å². The topological polar surface area (TPSA) is 70.5 Å². The number of hydrogen-bond donors (Lipinski definition) is 1. The number of hydrogen-bond acceptors (Lipinski definition) is 4. The summed E-state index contributed by atoms with van der Waals surface area (Å²) >= 11 is 0. The average Bonchev–Trinajstić information content (AvgIpc) is 3.09. The molecule has 1 aliphatic carbocycles. The first-order valence-corrected chi connectivity index (χ1v) is 11.4. The van der Waals surface area contributed by atoms with Crippen LogP contribution in [0.15, 0.2) is 72.4 Å². The van der Waals surface area contributed by atoms with Gasteiger partial charge in [0.1, 0.15) is 5.76 Å². The van der Waals surface area contributed by atoms with Crippen LogP contribution < -0.4 is 0 Å². The Labute approximate surface area is 193 Å². The number of aliphatic hydroxyl groups is 1. The highest BCUT2D eigenvalue weighted by atomic mass is 16.3. The molecule has 1 aliphatic heterocycles. The van der Waals surface area contributed by atoms with E-state index in [0.717, 1.165) is 30.4 Å². The first kappa shape index (κ1) is 21.1. The molecule has 1 N–H and O–H groups in total. The van der Waals surface area contributed by atoms with Crippen molar-refractivity contribution in [1.29, 1.82) is 0 Å². The van der Waals surface area contributed by atoms with E-state index in [0.29, 0.717) is 11.3 Å². The van der Waals surface area contributed by atoms with E-state index in [-0.39, 0.29) is 17.9 Å². The van der Waals surface area contributed by atoms with Crippen molar-refractivity contribution in [2.45, 2.75) is 45.2 Å². The Kier molecular flexibility index (Phi) is 5.55. The van der Waals surface area contributed by atoms with Crippen molar-refractivity contribution in [2.24, 2.45) is 0 Å². The molecular formula is C28H26N2O3. The van der Waals surface area contributed by atoms with Crippen molar-refractivity contribution in [1.82, 2.24) is 9.88 Å². The number of pyridine rings is 1. The van der Waals surface area contributed by atoms with Crippen LogP contribution in [0.3, 0.4) is 0 Å². The zero-order valence-corrected chi connectivity index (χ0v) is 18.6. The Morgan fingerprint density at radius 2 is 1.82 bits per heavy atom. The minimum atomic E-state index is -0.678. The number of aliphatic hydroxyl groups excluding tert-OH is 1. The van der Waals surface area contributed by atoms with E-state index < -0.39 is 17.7 Å². The van der Waals surface area contributed by atoms with Gasteiger partial charge in [-0.3, -0.25) is 14.6 Å². The second-order valence-corrected chi connectivity index (χ2v) is 8.85. The monoisotopic (exact) mass is 438 g/mol. The van der Waals surface area contributed by atoms with E-state index in [1.165, 1.54) is 22.4 Å². The fourth-order valence-corrected chi connectivity index (χ4v) is 4.93. The van der Waals surface area contributed by atoms with Crippen LogP contribution in [0, 0.1) is 6.92 Å². The van der Waals surface area contributed by atoms with Gasteiger partial charge in [-0.25, -0.2) is 0 Å². The van der Waals surface area contributed by atoms with E-state index >= 15 is 0 Å². The Hall–Kier alpha value is -3.73. The first-order valence-electron chi connectivity index (χ1n) is 11.4. The van der Waals surface area contributed by atoms with Crippen LogP contribution >= 0.6 is 0 Å². The zero-order chi connectivity index (χ0) is 22.9. The lowest BCUT2D eigenvalue weighted by molar-refractivity contribution is -0.140. The lowest BCUT2D eigenvalue weighted by Gasteiger charge is -2.25. The molecule has 1 unspecified atom stereocenters. The predicted octanol–water partition coefficient (Wildman–Crippen LogP) is 4.89. The summed E-state index contributed by atoms with van der Waals surface area (Å²) < 4.78 is 0. The number of amides is 1. The molecule has 0 saturated carbocycles. The summed E-state index contributed by atoms with van der Waals surface area (Å²) in [7, 11) is 0. The Balaban J connectivity index is 1.64. The summed E-state index contributed by atoms with van der Waals surface area (Å²) in [5.74, 6) is -1.39.